The fraction of sp³-hybridized carbons (Fsp3) is 0.0714. The summed E-state index contributed by atoms with van der Waals surface area (Å²) in [7, 11) is 0. The van der Waals surface area contributed by atoms with E-state index in [-0.39, 0.29) is 22.2 Å². The number of halogens is 4. The molecule has 2 aromatic carbocycles. The van der Waals surface area contributed by atoms with Crippen molar-refractivity contribution in [3.8, 4) is 0 Å². The van der Waals surface area contributed by atoms with Crippen molar-refractivity contribution in [1.82, 2.24) is 0 Å². The minimum Gasteiger partial charge on any atom is -0.294 e. The Labute approximate surface area is 122 Å². The first-order valence-corrected chi connectivity index (χ1v) is 6.58. The third-order valence-electron chi connectivity index (χ3n) is 2.64. The lowest BCUT2D eigenvalue weighted by Gasteiger charge is -2.06. The van der Waals surface area contributed by atoms with Crippen molar-refractivity contribution in [2.75, 3.05) is 0 Å². The Morgan fingerprint density at radius 1 is 1.16 bits per heavy atom. The molecule has 0 saturated carbocycles. The quantitative estimate of drug-likeness (QED) is 0.576. The van der Waals surface area contributed by atoms with Crippen LogP contribution in [-0.2, 0) is 6.42 Å². The highest BCUT2D eigenvalue weighted by atomic mass is 79.9. The second kappa shape index (κ2) is 5.80. The first kappa shape index (κ1) is 14.2. The second-order valence-electron chi connectivity index (χ2n) is 3.91. The summed E-state index contributed by atoms with van der Waals surface area (Å²) in [5, 5.41) is 0.467. The van der Waals surface area contributed by atoms with Crippen LogP contribution in [0.2, 0.25) is 5.02 Å². The Kier molecular flexibility index (Phi) is 4.32. The molecule has 0 aliphatic rings. The molecule has 0 unspecified atom stereocenters. The molecule has 2 aromatic rings. The summed E-state index contributed by atoms with van der Waals surface area (Å²) in [6, 6.07) is 9.08. The van der Waals surface area contributed by atoms with E-state index in [1.165, 1.54) is 6.07 Å². The van der Waals surface area contributed by atoms with Crippen LogP contribution in [0, 0.1) is 11.6 Å². The summed E-state index contributed by atoms with van der Waals surface area (Å²) in [5.41, 5.74) is 0.740. The van der Waals surface area contributed by atoms with Gasteiger partial charge in [-0.15, -0.1) is 0 Å². The molecule has 0 radical (unpaired) electrons. The van der Waals surface area contributed by atoms with Crippen LogP contribution in [0.4, 0.5) is 8.78 Å². The Hall–Kier alpha value is -1.26. The van der Waals surface area contributed by atoms with Crippen molar-refractivity contribution in [1.29, 1.82) is 0 Å². The molecule has 0 amide bonds. The maximum Gasteiger partial charge on any atom is 0.173 e. The van der Waals surface area contributed by atoms with E-state index in [1.54, 1.807) is 24.3 Å². The largest absolute Gasteiger partial charge is 0.294 e. The molecule has 98 valence electrons. The van der Waals surface area contributed by atoms with Crippen LogP contribution in [-0.4, -0.2) is 5.78 Å². The van der Waals surface area contributed by atoms with Crippen molar-refractivity contribution in [3.63, 3.8) is 0 Å². The highest BCUT2D eigenvalue weighted by Gasteiger charge is 2.17. The SMILES string of the molecule is O=C(Cc1ccccc1Cl)c1ccc(F)c(F)c1Br. The lowest BCUT2D eigenvalue weighted by Crippen LogP contribution is -2.06. The maximum absolute atomic E-state index is 13.4. The molecule has 0 aliphatic heterocycles. The zero-order valence-electron chi connectivity index (χ0n) is 9.59. The van der Waals surface area contributed by atoms with E-state index in [4.69, 9.17) is 11.6 Å². The molecular weight excluding hydrogens is 338 g/mol. The van der Waals surface area contributed by atoms with Crippen LogP contribution >= 0.6 is 27.5 Å². The molecule has 0 atom stereocenters. The van der Waals surface area contributed by atoms with Crippen LogP contribution < -0.4 is 0 Å². The van der Waals surface area contributed by atoms with Crippen molar-refractivity contribution in [3.05, 3.63) is 68.7 Å². The molecule has 0 N–H and O–H groups in total. The molecule has 0 aliphatic carbocycles. The van der Waals surface area contributed by atoms with Gasteiger partial charge in [0.15, 0.2) is 17.4 Å². The van der Waals surface area contributed by atoms with E-state index >= 15 is 0 Å². The van der Waals surface area contributed by atoms with Gasteiger partial charge in [0.25, 0.3) is 0 Å². The van der Waals surface area contributed by atoms with Gasteiger partial charge in [0.1, 0.15) is 0 Å². The molecule has 0 heterocycles. The summed E-state index contributed by atoms with van der Waals surface area (Å²) in [5.74, 6) is -2.40. The standard InChI is InChI=1S/C14H8BrClF2O/c15-13-9(5-6-11(17)14(13)18)12(19)7-8-3-1-2-4-10(8)16/h1-6H,7H2. The van der Waals surface area contributed by atoms with Crippen LogP contribution in [0.15, 0.2) is 40.9 Å². The lowest BCUT2D eigenvalue weighted by atomic mass is 10.0. The van der Waals surface area contributed by atoms with E-state index in [0.29, 0.717) is 10.6 Å². The minimum absolute atomic E-state index is 0.0311. The Balaban J connectivity index is 2.31. The zero-order chi connectivity index (χ0) is 14.0. The van der Waals surface area contributed by atoms with Crippen LogP contribution in [0.5, 0.6) is 0 Å². The van der Waals surface area contributed by atoms with Crippen molar-refractivity contribution in [2.45, 2.75) is 6.42 Å². The maximum atomic E-state index is 13.4. The number of carbonyl (C=O) groups excluding carboxylic acids is 1. The Morgan fingerprint density at radius 2 is 1.84 bits per heavy atom. The van der Waals surface area contributed by atoms with Gasteiger partial charge >= 0.3 is 0 Å². The second-order valence-corrected chi connectivity index (χ2v) is 5.11. The molecule has 0 bridgehead atoms. The van der Waals surface area contributed by atoms with E-state index in [1.807, 2.05) is 0 Å². The average Bonchev–Trinajstić information content (AvgIpc) is 2.39. The van der Waals surface area contributed by atoms with Gasteiger partial charge in [0, 0.05) is 17.0 Å². The monoisotopic (exact) mass is 344 g/mol. The normalized spacial score (nSPS) is 10.5. The van der Waals surface area contributed by atoms with Gasteiger partial charge < -0.3 is 0 Å². The van der Waals surface area contributed by atoms with Gasteiger partial charge in [0.05, 0.1) is 4.47 Å². The van der Waals surface area contributed by atoms with Gasteiger partial charge in [0.2, 0.25) is 0 Å². The van der Waals surface area contributed by atoms with Gasteiger partial charge in [-0.1, -0.05) is 29.8 Å². The number of benzene rings is 2. The predicted molar refractivity (Wildman–Crippen MR) is 73.5 cm³/mol. The van der Waals surface area contributed by atoms with E-state index < -0.39 is 11.6 Å². The highest BCUT2D eigenvalue weighted by Crippen LogP contribution is 2.25. The topological polar surface area (TPSA) is 17.1 Å². The van der Waals surface area contributed by atoms with Gasteiger partial charge in [-0.2, -0.15) is 0 Å². The van der Waals surface area contributed by atoms with Crippen LogP contribution in [0.1, 0.15) is 15.9 Å². The number of rotatable bonds is 3. The third-order valence-corrected chi connectivity index (χ3v) is 3.79. The summed E-state index contributed by atoms with van der Waals surface area (Å²) < 4.78 is 26.2. The van der Waals surface area contributed by atoms with E-state index in [9.17, 15) is 13.6 Å². The van der Waals surface area contributed by atoms with Crippen molar-refractivity contribution < 1.29 is 13.6 Å². The van der Waals surface area contributed by atoms with Gasteiger partial charge in [-0.05, 0) is 39.7 Å². The van der Waals surface area contributed by atoms with Crippen LogP contribution in [0.25, 0.3) is 0 Å². The number of hydrogen-bond acceptors (Lipinski definition) is 1. The molecule has 0 aromatic heterocycles. The van der Waals surface area contributed by atoms with Crippen LogP contribution in [0.3, 0.4) is 0 Å². The summed E-state index contributed by atoms with van der Waals surface area (Å²) >= 11 is 8.85. The molecule has 2 rings (SSSR count). The highest BCUT2D eigenvalue weighted by molar-refractivity contribution is 9.10. The Bertz CT molecular complexity index is 643. The first-order chi connectivity index (χ1) is 9.00. The molecule has 1 nitrogen and oxygen atoms in total. The van der Waals surface area contributed by atoms with Crippen molar-refractivity contribution >= 4 is 33.3 Å². The number of ketones is 1. The number of hydrogen-bond donors (Lipinski definition) is 0. The summed E-state index contributed by atoms with van der Waals surface area (Å²) in [4.78, 5) is 12.1. The molecule has 19 heavy (non-hydrogen) atoms. The van der Waals surface area contributed by atoms with Crippen molar-refractivity contribution in [2.24, 2.45) is 0 Å². The zero-order valence-corrected chi connectivity index (χ0v) is 11.9. The fourth-order valence-corrected chi connectivity index (χ4v) is 2.40. The predicted octanol–water partition coefficient (Wildman–Crippen LogP) is 4.81. The Morgan fingerprint density at radius 3 is 2.53 bits per heavy atom. The van der Waals surface area contributed by atoms with E-state index in [0.717, 1.165) is 6.07 Å². The minimum atomic E-state index is -1.06. The van der Waals surface area contributed by atoms with E-state index in [2.05, 4.69) is 15.9 Å². The molecule has 0 fully saturated rings. The summed E-state index contributed by atoms with van der Waals surface area (Å²) in [6.07, 6.45) is 0.0311. The first-order valence-electron chi connectivity index (χ1n) is 5.41. The average molecular weight is 346 g/mol. The molecular formula is C14H8BrClF2O. The molecule has 5 heteroatoms. The number of carbonyl (C=O) groups is 1. The smallest absolute Gasteiger partial charge is 0.173 e. The summed E-state index contributed by atoms with van der Waals surface area (Å²) in [6.45, 7) is 0. The lowest BCUT2D eigenvalue weighted by molar-refractivity contribution is 0.0991. The molecule has 0 spiro atoms. The molecule has 0 saturated heterocycles. The third kappa shape index (κ3) is 3.01. The fourth-order valence-electron chi connectivity index (χ4n) is 1.65. The number of Topliss-reactive ketones (excluding diaryl/α,β-unsaturated/α-hetero) is 1. The van der Waals surface area contributed by atoms with Gasteiger partial charge in [-0.3, -0.25) is 4.79 Å². The van der Waals surface area contributed by atoms with Gasteiger partial charge in [-0.25, -0.2) is 8.78 Å².